The minimum absolute atomic E-state index is 0. The number of nitrogens with zero attached hydrogens (tertiary/aromatic N) is 1. The van der Waals surface area contributed by atoms with Gasteiger partial charge in [-0.25, -0.2) is 8.78 Å². The first-order valence-electron chi connectivity index (χ1n) is 8.09. The van der Waals surface area contributed by atoms with E-state index in [4.69, 9.17) is 9.47 Å². The van der Waals surface area contributed by atoms with Gasteiger partial charge in [0.15, 0.2) is 11.5 Å². The summed E-state index contributed by atoms with van der Waals surface area (Å²) < 4.78 is 37.5. The van der Waals surface area contributed by atoms with E-state index in [0.717, 1.165) is 5.56 Å². The van der Waals surface area contributed by atoms with Gasteiger partial charge >= 0.3 is 0 Å². The Bertz CT molecular complexity index is 782. The molecule has 10 heteroatoms. The quantitative estimate of drug-likeness (QED) is 0.726. The van der Waals surface area contributed by atoms with Gasteiger partial charge in [-0.05, 0) is 29.8 Å². The molecule has 1 aliphatic heterocycles. The van der Waals surface area contributed by atoms with E-state index in [2.05, 4.69) is 15.6 Å². The molecule has 28 heavy (non-hydrogen) atoms. The topological polar surface area (TPSA) is 72.5 Å². The van der Waals surface area contributed by atoms with E-state index in [0.29, 0.717) is 23.8 Å². The summed E-state index contributed by atoms with van der Waals surface area (Å²) in [5.41, 5.74) is 1.37. The van der Waals surface area contributed by atoms with Crippen LogP contribution in [0.3, 0.4) is 0 Å². The lowest BCUT2D eigenvalue weighted by Gasteiger charge is -2.15. The summed E-state index contributed by atoms with van der Waals surface area (Å²) in [5, 5.41) is 5.16. The number of amides is 1. The molecule has 1 aliphatic rings. The number of hydrogen-bond donors (Lipinski definition) is 2. The number of rotatable bonds is 6. The average Bonchev–Trinajstić information content (AvgIpc) is 3.01. The summed E-state index contributed by atoms with van der Waals surface area (Å²) in [7, 11) is 1.51. The predicted octanol–water partition coefficient (Wildman–Crippen LogP) is 3.45. The highest BCUT2D eigenvalue weighted by Crippen LogP contribution is 2.31. The molecule has 2 heterocycles. The van der Waals surface area contributed by atoms with E-state index in [1.165, 1.54) is 7.11 Å². The van der Waals surface area contributed by atoms with E-state index in [-0.39, 0.29) is 24.8 Å². The first-order chi connectivity index (χ1) is 12.5. The Morgan fingerprint density at radius 3 is 2.57 bits per heavy atom. The Balaban J connectivity index is 0.00000196. The first kappa shape index (κ1) is 23.9. The predicted molar refractivity (Wildman–Crippen MR) is 106 cm³/mol. The van der Waals surface area contributed by atoms with Crippen LogP contribution in [0.1, 0.15) is 12.0 Å². The number of halogens is 4. The maximum atomic E-state index is 13.2. The van der Waals surface area contributed by atoms with Gasteiger partial charge in [-0.3, -0.25) is 15.1 Å². The summed E-state index contributed by atoms with van der Waals surface area (Å²) in [6.45, 7) is -0.194. The van der Waals surface area contributed by atoms with Crippen molar-refractivity contribution in [2.45, 2.75) is 25.0 Å². The Morgan fingerprint density at radius 2 is 1.96 bits per heavy atom. The molecule has 0 saturated carbocycles. The second-order valence-corrected chi connectivity index (χ2v) is 5.99. The van der Waals surface area contributed by atoms with Crippen molar-refractivity contribution in [2.75, 3.05) is 19.0 Å². The van der Waals surface area contributed by atoms with Crippen LogP contribution in [-0.2, 0) is 11.4 Å². The van der Waals surface area contributed by atoms with Crippen molar-refractivity contribution < 1.29 is 23.0 Å². The van der Waals surface area contributed by atoms with Gasteiger partial charge in [0.1, 0.15) is 6.61 Å². The summed E-state index contributed by atoms with van der Waals surface area (Å²) in [4.78, 5) is 16.1. The SMILES string of the molecule is COc1ccc(NC(=O)C2CC(F)(F)CN2)cc1OCc1ccncc1.Cl.Cl. The maximum absolute atomic E-state index is 13.2. The van der Waals surface area contributed by atoms with Crippen molar-refractivity contribution in [3.05, 3.63) is 48.3 Å². The fourth-order valence-corrected chi connectivity index (χ4v) is 2.64. The number of aromatic nitrogens is 1. The maximum Gasteiger partial charge on any atom is 0.262 e. The third-order valence-corrected chi connectivity index (χ3v) is 4.00. The number of anilines is 1. The van der Waals surface area contributed by atoms with Crippen LogP contribution in [0.15, 0.2) is 42.7 Å². The van der Waals surface area contributed by atoms with Gasteiger partial charge in [0.2, 0.25) is 5.91 Å². The molecular formula is C18H21Cl2F2N3O3. The number of alkyl halides is 2. The molecule has 1 saturated heterocycles. The van der Waals surface area contributed by atoms with Crippen LogP contribution in [0.5, 0.6) is 11.5 Å². The minimum atomic E-state index is -2.86. The zero-order valence-corrected chi connectivity index (χ0v) is 16.6. The van der Waals surface area contributed by atoms with Crippen LogP contribution in [0.25, 0.3) is 0 Å². The van der Waals surface area contributed by atoms with E-state index < -0.39 is 30.8 Å². The van der Waals surface area contributed by atoms with E-state index in [1.54, 1.807) is 30.6 Å². The molecule has 1 aromatic carbocycles. The number of ether oxygens (including phenoxy) is 2. The highest BCUT2D eigenvalue weighted by Gasteiger charge is 2.42. The molecule has 0 aliphatic carbocycles. The number of carbonyl (C=O) groups excluding carboxylic acids is 1. The van der Waals surface area contributed by atoms with Crippen LogP contribution < -0.4 is 20.1 Å². The lowest BCUT2D eigenvalue weighted by molar-refractivity contribution is -0.118. The van der Waals surface area contributed by atoms with E-state index in [9.17, 15) is 13.6 Å². The van der Waals surface area contributed by atoms with Crippen LogP contribution in [0.4, 0.5) is 14.5 Å². The molecule has 6 nitrogen and oxygen atoms in total. The summed E-state index contributed by atoms with van der Waals surface area (Å²) in [5.74, 6) is -2.43. The fraction of sp³-hybridized carbons (Fsp3) is 0.333. The standard InChI is InChI=1S/C18H19F2N3O3.2ClH/c1-25-15-3-2-13(23-17(24)14-9-18(19,20)11-22-14)8-16(15)26-10-12-4-6-21-7-5-12;;/h2-8,14,22H,9-11H2,1H3,(H,23,24);2*1H. The summed E-state index contributed by atoms with van der Waals surface area (Å²) >= 11 is 0. The van der Waals surface area contributed by atoms with Gasteiger partial charge < -0.3 is 14.8 Å². The van der Waals surface area contributed by atoms with E-state index in [1.807, 2.05) is 12.1 Å². The molecule has 1 amide bonds. The molecule has 0 spiro atoms. The minimum Gasteiger partial charge on any atom is -0.493 e. The number of benzene rings is 1. The molecule has 154 valence electrons. The van der Waals surface area contributed by atoms with Crippen molar-refractivity contribution in [3.8, 4) is 11.5 Å². The van der Waals surface area contributed by atoms with E-state index >= 15 is 0 Å². The zero-order chi connectivity index (χ0) is 18.6. The number of methoxy groups -OCH3 is 1. The van der Waals surface area contributed by atoms with Gasteiger partial charge in [0, 0.05) is 30.6 Å². The third-order valence-electron chi connectivity index (χ3n) is 4.00. The molecule has 3 rings (SSSR count). The summed E-state index contributed by atoms with van der Waals surface area (Å²) in [6.07, 6.45) is 2.81. The van der Waals surface area contributed by atoms with Gasteiger partial charge in [-0.1, -0.05) is 0 Å². The highest BCUT2D eigenvalue weighted by molar-refractivity contribution is 5.95. The smallest absolute Gasteiger partial charge is 0.262 e. The molecule has 0 bridgehead atoms. The summed E-state index contributed by atoms with van der Waals surface area (Å²) in [6, 6.07) is 7.60. The number of nitrogens with one attached hydrogen (secondary N) is 2. The number of carbonyl (C=O) groups is 1. The van der Waals surface area contributed by atoms with Crippen LogP contribution >= 0.6 is 24.8 Å². The van der Waals surface area contributed by atoms with Crippen LogP contribution in [0.2, 0.25) is 0 Å². The monoisotopic (exact) mass is 435 g/mol. The van der Waals surface area contributed by atoms with Crippen molar-refractivity contribution in [1.29, 1.82) is 0 Å². The second kappa shape index (κ2) is 10.4. The van der Waals surface area contributed by atoms with Gasteiger partial charge in [0.05, 0.1) is 19.7 Å². The molecule has 2 N–H and O–H groups in total. The highest BCUT2D eigenvalue weighted by atomic mass is 35.5. The van der Waals surface area contributed by atoms with Crippen LogP contribution in [0, 0.1) is 0 Å². The van der Waals surface area contributed by atoms with Crippen molar-refractivity contribution >= 4 is 36.4 Å². The largest absolute Gasteiger partial charge is 0.493 e. The molecule has 1 unspecified atom stereocenters. The Kier molecular flexibility index (Phi) is 8.87. The number of pyridine rings is 1. The average molecular weight is 436 g/mol. The molecule has 0 radical (unpaired) electrons. The Hall–Kier alpha value is -2.16. The molecule has 1 fully saturated rings. The van der Waals surface area contributed by atoms with Crippen LogP contribution in [-0.4, -0.2) is 36.5 Å². The lowest BCUT2D eigenvalue weighted by atomic mass is 10.1. The lowest BCUT2D eigenvalue weighted by Crippen LogP contribution is -2.35. The van der Waals surface area contributed by atoms with Gasteiger partial charge in [0.25, 0.3) is 5.92 Å². The molecule has 1 atom stereocenters. The Labute approximate surface area is 173 Å². The van der Waals surface area contributed by atoms with Crippen molar-refractivity contribution in [2.24, 2.45) is 0 Å². The van der Waals surface area contributed by atoms with Crippen molar-refractivity contribution in [1.82, 2.24) is 10.3 Å². The second-order valence-electron chi connectivity index (χ2n) is 5.99. The third kappa shape index (κ3) is 6.19. The molecule has 2 aromatic rings. The Morgan fingerprint density at radius 1 is 1.25 bits per heavy atom. The number of hydrogen-bond acceptors (Lipinski definition) is 5. The first-order valence-corrected chi connectivity index (χ1v) is 8.09. The van der Waals surface area contributed by atoms with Crippen molar-refractivity contribution in [3.63, 3.8) is 0 Å². The fourth-order valence-electron chi connectivity index (χ4n) is 2.64. The van der Waals surface area contributed by atoms with Gasteiger partial charge in [-0.15, -0.1) is 24.8 Å². The normalized spacial score (nSPS) is 17.0. The van der Waals surface area contributed by atoms with Gasteiger partial charge in [-0.2, -0.15) is 0 Å². The zero-order valence-electron chi connectivity index (χ0n) is 15.0. The molecule has 1 aromatic heterocycles. The molecular weight excluding hydrogens is 415 g/mol.